The molecule has 7 aromatic carbocycles. The van der Waals surface area contributed by atoms with Crippen LogP contribution in [-0.2, 0) is 0 Å². The Morgan fingerprint density at radius 2 is 0.775 bits per heavy atom. The fraction of sp³-hybridized carbons (Fsp3) is 0. The van der Waals surface area contributed by atoms with Crippen LogP contribution in [0.1, 0.15) is 0 Å². The number of fused-ring (bicyclic) bond motifs is 9. The van der Waals surface area contributed by atoms with Gasteiger partial charge < -0.3 is 0 Å². The van der Waals surface area contributed by atoms with E-state index in [9.17, 15) is 0 Å². The topological polar surface area (TPSA) is 0 Å². The van der Waals surface area contributed by atoms with Crippen LogP contribution in [0.2, 0.25) is 0 Å². The SMILES string of the molecule is c1ccc2c(c1)sc1c(-c3ccc4c(ccc5cc(-c6cccc7c6sc6ccccc67)ccc54)c3)cccc12. The molecule has 186 valence electrons. The van der Waals surface area contributed by atoms with Crippen molar-refractivity contribution in [1.29, 1.82) is 0 Å². The van der Waals surface area contributed by atoms with Crippen molar-refractivity contribution < 1.29 is 0 Å². The third kappa shape index (κ3) is 3.24. The minimum atomic E-state index is 1.28. The molecule has 0 radical (unpaired) electrons. The summed E-state index contributed by atoms with van der Waals surface area (Å²) < 4.78 is 5.42. The molecular formula is C38H22S2. The Labute approximate surface area is 239 Å². The third-order valence-corrected chi connectivity index (χ3v) is 10.7. The Hall–Kier alpha value is -4.50. The van der Waals surface area contributed by atoms with Gasteiger partial charge in [-0.1, -0.05) is 109 Å². The number of hydrogen-bond donors (Lipinski definition) is 0. The summed E-state index contributed by atoms with van der Waals surface area (Å²) in [4.78, 5) is 0. The highest BCUT2D eigenvalue weighted by atomic mass is 32.1. The van der Waals surface area contributed by atoms with E-state index in [0.717, 1.165) is 0 Å². The summed E-state index contributed by atoms with van der Waals surface area (Å²) in [6, 6.07) is 49.4. The zero-order chi connectivity index (χ0) is 26.2. The summed E-state index contributed by atoms with van der Waals surface area (Å²) in [6.07, 6.45) is 0. The van der Waals surface area contributed by atoms with Gasteiger partial charge in [0.05, 0.1) is 0 Å². The van der Waals surface area contributed by atoms with Crippen molar-refractivity contribution in [3.8, 4) is 22.3 Å². The summed E-state index contributed by atoms with van der Waals surface area (Å²) in [7, 11) is 0. The number of hydrogen-bond acceptors (Lipinski definition) is 2. The van der Waals surface area contributed by atoms with E-state index in [1.165, 1.54) is 84.1 Å². The van der Waals surface area contributed by atoms with E-state index in [2.05, 4.69) is 133 Å². The highest BCUT2D eigenvalue weighted by molar-refractivity contribution is 7.26. The van der Waals surface area contributed by atoms with E-state index in [1.807, 2.05) is 22.7 Å². The Kier molecular flexibility index (Phi) is 4.74. The Morgan fingerprint density at radius 1 is 0.325 bits per heavy atom. The molecule has 40 heavy (non-hydrogen) atoms. The largest absolute Gasteiger partial charge is 0.135 e. The molecule has 0 aliphatic heterocycles. The van der Waals surface area contributed by atoms with Crippen molar-refractivity contribution in [2.75, 3.05) is 0 Å². The molecule has 0 amide bonds. The lowest BCUT2D eigenvalue weighted by Gasteiger charge is -2.10. The zero-order valence-electron chi connectivity index (χ0n) is 21.5. The quantitative estimate of drug-likeness (QED) is 0.191. The van der Waals surface area contributed by atoms with Crippen molar-refractivity contribution in [2.45, 2.75) is 0 Å². The molecule has 0 nitrogen and oxygen atoms in total. The van der Waals surface area contributed by atoms with Crippen molar-refractivity contribution in [1.82, 2.24) is 0 Å². The van der Waals surface area contributed by atoms with Gasteiger partial charge in [-0.25, -0.2) is 0 Å². The molecule has 0 aliphatic rings. The maximum atomic E-state index is 2.36. The first kappa shape index (κ1) is 22.3. The Morgan fingerprint density at radius 3 is 1.27 bits per heavy atom. The van der Waals surface area contributed by atoms with Crippen molar-refractivity contribution in [3.63, 3.8) is 0 Å². The summed E-state index contributed by atoms with van der Waals surface area (Å²) in [6.45, 7) is 0. The number of thiophene rings is 2. The van der Waals surface area contributed by atoms with Gasteiger partial charge in [-0.15, -0.1) is 22.7 Å². The van der Waals surface area contributed by atoms with Gasteiger partial charge in [0, 0.05) is 40.3 Å². The summed E-state index contributed by atoms with van der Waals surface area (Å²) in [5, 5.41) is 10.5. The van der Waals surface area contributed by atoms with Gasteiger partial charge in [0.2, 0.25) is 0 Å². The maximum absolute atomic E-state index is 2.36. The van der Waals surface area contributed by atoms with E-state index < -0.39 is 0 Å². The van der Waals surface area contributed by atoms with Crippen LogP contribution in [0.25, 0.3) is 84.1 Å². The normalized spacial score (nSPS) is 12.0. The first-order valence-corrected chi connectivity index (χ1v) is 15.2. The lowest BCUT2D eigenvalue weighted by atomic mass is 9.94. The first-order chi connectivity index (χ1) is 19.8. The second-order valence-electron chi connectivity index (χ2n) is 10.5. The minimum absolute atomic E-state index is 1.28. The van der Waals surface area contributed by atoms with E-state index in [1.54, 1.807) is 0 Å². The molecular weight excluding hydrogens is 521 g/mol. The summed E-state index contributed by atoms with van der Waals surface area (Å²) in [5.41, 5.74) is 5.18. The molecule has 0 saturated heterocycles. The van der Waals surface area contributed by atoms with Crippen LogP contribution in [0, 0.1) is 0 Å². The lowest BCUT2D eigenvalue weighted by Crippen LogP contribution is -1.84. The predicted octanol–water partition coefficient (Wildman–Crippen LogP) is 12.1. The van der Waals surface area contributed by atoms with Crippen LogP contribution in [0.4, 0.5) is 0 Å². The van der Waals surface area contributed by atoms with Gasteiger partial charge in [-0.3, -0.25) is 0 Å². The van der Waals surface area contributed by atoms with Gasteiger partial charge in [0.1, 0.15) is 0 Å². The second kappa shape index (κ2) is 8.50. The number of benzene rings is 7. The van der Waals surface area contributed by atoms with Gasteiger partial charge in [-0.2, -0.15) is 0 Å². The van der Waals surface area contributed by atoms with E-state index in [0.29, 0.717) is 0 Å². The average Bonchev–Trinajstić information content (AvgIpc) is 3.59. The smallest absolute Gasteiger partial charge is 0.0433 e. The maximum Gasteiger partial charge on any atom is 0.0433 e. The molecule has 2 aromatic heterocycles. The monoisotopic (exact) mass is 542 g/mol. The molecule has 0 saturated carbocycles. The van der Waals surface area contributed by atoms with Crippen LogP contribution in [0.3, 0.4) is 0 Å². The van der Waals surface area contributed by atoms with E-state index in [4.69, 9.17) is 0 Å². The molecule has 2 heteroatoms. The first-order valence-electron chi connectivity index (χ1n) is 13.6. The van der Waals surface area contributed by atoms with Gasteiger partial charge in [0.15, 0.2) is 0 Å². The zero-order valence-corrected chi connectivity index (χ0v) is 23.2. The molecule has 9 rings (SSSR count). The molecule has 9 aromatic rings. The van der Waals surface area contributed by atoms with Crippen molar-refractivity contribution in [2.24, 2.45) is 0 Å². The Balaban J connectivity index is 1.19. The summed E-state index contributed by atoms with van der Waals surface area (Å²) >= 11 is 3.79. The van der Waals surface area contributed by atoms with Crippen LogP contribution in [-0.4, -0.2) is 0 Å². The number of rotatable bonds is 2. The highest BCUT2D eigenvalue weighted by Crippen LogP contribution is 2.42. The third-order valence-electron chi connectivity index (χ3n) is 8.27. The fourth-order valence-electron chi connectivity index (χ4n) is 6.36. The standard InChI is InChI=1S/C38H22S2/c1-3-13-35-31(7-1)33-11-5-9-29(37(33)39-35)25-17-19-27-23(21-25)15-16-24-22-26(18-20-28(24)27)30-10-6-12-34-32-8-2-4-14-36(32)40-38(30)34/h1-22H. The van der Waals surface area contributed by atoms with E-state index in [-0.39, 0.29) is 0 Å². The Bertz CT molecular complexity index is 2260. The molecule has 0 spiro atoms. The van der Waals surface area contributed by atoms with E-state index >= 15 is 0 Å². The predicted molar refractivity (Wildman–Crippen MR) is 178 cm³/mol. The highest BCUT2D eigenvalue weighted by Gasteiger charge is 2.13. The summed E-state index contributed by atoms with van der Waals surface area (Å²) in [5.74, 6) is 0. The van der Waals surface area contributed by atoms with Gasteiger partial charge >= 0.3 is 0 Å². The lowest BCUT2D eigenvalue weighted by molar-refractivity contribution is 1.70. The van der Waals surface area contributed by atoms with Crippen LogP contribution >= 0.6 is 22.7 Å². The van der Waals surface area contributed by atoms with Crippen molar-refractivity contribution >= 4 is 84.6 Å². The van der Waals surface area contributed by atoms with Crippen LogP contribution < -0.4 is 0 Å². The minimum Gasteiger partial charge on any atom is -0.135 e. The van der Waals surface area contributed by atoms with Crippen molar-refractivity contribution in [3.05, 3.63) is 133 Å². The average molecular weight is 543 g/mol. The van der Waals surface area contributed by atoms with Crippen LogP contribution in [0.15, 0.2) is 133 Å². The molecule has 0 atom stereocenters. The molecule has 0 unspecified atom stereocenters. The second-order valence-corrected chi connectivity index (χ2v) is 12.6. The molecule has 0 aliphatic carbocycles. The molecule has 0 N–H and O–H groups in total. The molecule has 0 bridgehead atoms. The van der Waals surface area contributed by atoms with Gasteiger partial charge in [0.25, 0.3) is 0 Å². The molecule has 0 fully saturated rings. The fourth-order valence-corrected chi connectivity index (χ4v) is 8.83. The molecule has 2 heterocycles. The van der Waals surface area contributed by atoms with Crippen LogP contribution in [0.5, 0.6) is 0 Å². The van der Waals surface area contributed by atoms with Gasteiger partial charge in [-0.05, 0) is 68.1 Å².